The van der Waals surface area contributed by atoms with Gasteiger partial charge >= 0.3 is 0 Å². The summed E-state index contributed by atoms with van der Waals surface area (Å²) in [6, 6.07) is 7.75. The van der Waals surface area contributed by atoms with E-state index in [9.17, 15) is 22.8 Å². The van der Waals surface area contributed by atoms with Gasteiger partial charge in [0, 0.05) is 0 Å². The van der Waals surface area contributed by atoms with Crippen LogP contribution in [0.1, 0.15) is 19.4 Å². The summed E-state index contributed by atoms with van der Waals surface area (Å²) in [5.74, 6) is -1.01. The maximum absolute atomic E-state index is 12.7. The molecule has 8 nitrogen and oxygen atoms in total. The van der Waals surface area contributed by atoms with Crippen molar-refractivity contribution in [1.29, 1.82) is 0 Å². The normalized spacial score (nSPS) is 28.5. The van der Waals surface area contributed by atoms with Crippen molar-refractivity contribution in [3.8, 4) is 0 Å². The van der Waals surface area contributed by atoms with Crippen molar-refractivity contribution in [2.45, 2.75) is 42.6 Å². The highest BCUT2D eigenvalue weighted by atomic mass is 32.2. The highest BCUT2D eigenvalue weighted by Crippen LogP contribution is 2.46. The molecule has 2 fully saturated rings. The molecule has 25 heavy (non-hydrogen) atoms. The van der Waals surface area contributed by atoms with Gasteiger partial charge in [0.1, 0.15) is 10.8 Å². The molecule has 132 valence electrons. The van der Waals surface area contributed by atoms with Crippen LogP contribution in [0.2, 0.25) is 0 Å². The number of carbonyl (C=O) groups is 2. The Morgan fingerprint density at radius 2 is 1.96 bits per heavy atom. The minimum atomic E-state index is -3.82. The van der Waals surface area contributed by atoms with Crippen molar-refractivity contribution in [1.82, 2.24) is 10.2 Å². The Bertz CT molecular complexity index is 874. The molecule has 3 atom stereocenters. The lowest BCUT2D eigenvalue weighted by molar-refractivity contribution is -0.151. The summed E-state index contributed by atoms with van der Waals surface area (Å²) >= 11 is 0. The number of hydrogen-bond acceptors (Lipinski definition) is 6. The molecule has 0 spiro atoms. The fourth-order valence-corrected chi connectivity index (χ4v) is 5.42. The second kappa shape index (κ2) is 5.79. The van der Waals surface area contributed by atoms with Gasteiger partial charge in [-0.05, 0) is 19.4 Å². The van der Waals surface area contributed by atoms with Crippen LogP contribution in [-0.4, -0.2) is 53.5 Å². The third-order valence-electron chi connectivity index (χ3n) is 4.72. The van der Waals surface area contributed by atoms with E-state index in [0.29, 0.717) is 0 Å². The largest absolute Gasteiger partial charge is 0.341 e. The number of β-lactam (4-membered cyclic amide) rings is 1. The summed E-state index contributed by atoms with van der Waals surface area (Å²) in [5.41, 5.74) is 0.752. The third kappa shape index (κ3) is 2.47. The lowest BCUT2D eigenvalue weighted by atomic mass is 10.0. The smallest absolute Gasteiger partial charge is 0.251 e. The Hall–Kier alpha value is -2.51. The molecule has 0 saturated carbocycles. The molecule has 0 aliphatic carbocycles. The van der Waals surface area contributed by atoms with Gasteiger partial charge in [-0.15, -0.1) is 0 Å². The third-order valence-corrected chi connectivity index (χ3v) is 7.53. The Morgan fingerprint density at radius 3 is 2.56 bits per heavy atom. The standard InChI is InChI=1S/C16H17N3O5S/c1-16(2)15(17-9-20)19-13(22)12(14(19)25(16,23)24)18-11(21)8-10-6-4-3-5-7-10/h3-7,12,14-15H,8H2,1-2H3,(H,18,21)/t12?,14-,15?/m1/s1. The van der Waals surface area contributed by atoms with Gasteiger partial charge in [0.15, 0.2) is 21.4 Å². The van der Waals surface area contributed by atoms with Crippen molar-refractivity contribution >= 4 is 27.7 Å². The SMILES string of the molecule is CC1(C)C(N=C=O)N2C(=O)C(NC(=O)Cc3ccccc3)[C@H]2S1(=O)=O. The minimum Gasteiger partial charge on any atom is -0.341 e. The Labute approximate surface area is 144 Å². The molecular weight excluding hydrogens is 346 g/mol. The summed E-state index contributed by atoms with van der Waals surface area (Å²) in [4.78, 5) is 39.7. The van der Waals surface area contributed by atoms with E-state index in [1.807, 2.05) is 6.07 Å². The van der Waals surface area contributed by atoms with E-state index in [1.165, 1.54) is 19.9 Å². The van der Waals surface area contributed by atoms with Gasteiger partial charge in [-0.2, -0.15) is 4.99 Å². The van der Waals surface area contributed by atoms with Crippen LogP contribution in [0.15, 0.2) is 35.3 Å². The van der Waals surface area contributed by atoms with Gasteiger partial charge in [0.05, 0.1) is 6.42 Å². The molecule has 2 amide bonds. The van der Waals surface area contributed by atoms with Crippen LogP contribution >= 0.6 is 0 Å². The molecule has 3 rings (SSSR count). The molecule has 0 radical (unpaired) electrons. The predicted molar refractivity (Wildman–Crippen MR) is 87.6 cm³/mol. The van der Waals surface area contributed by atoms with E-state index >= 15 is 0 Å². The number of rotatable bonds is 4. The monoisotopic (exact) mass is 363 g/mol. The molecule has 9 heteroatoms. The average Bonchev–Trinajstić information content (AvgIpc) is 2.69. The van der Waals surface area contributed by atoms with Crippen LogP contribution in [0.4, 0.5) is 0 Å². The number of fused-ring (bicyclic) bond motifs is 1. The molecule has 2 heterocycles. The van der Waals surface area contributed by atoms with Gasteiger partial charge in [-0.25, -0.2) is 13.2 Å². The summed E-state index contributed by atoms with van der Waals surface area (Å²) < 4.78 is 24.0. The molecule has 2 aliphatic heterocycles. The van der Waals surface area contributed by atoms with Crippen molar-refractivity contribution in [2.24, 2.45) is 4.99 Å². The first-order chi connectivity index (χ1) is 11.7. The number of aliphatic imine (C=N–C) groups is 1. The molecule has 1 N–H and O–H groups in total. The van der Waals surface area contributed by atoms with Gasteiger partial charge in [-0.3, -0.25) is 14.5 Å². The molecule has 0 aromatic heterocycles. The molecule has 2 saturated heterocycles. The maximum atomic E-state index is 12.7. The summed E-state index contributed by atoms with van der Waals surface area (Å²) in [6.45, 7) is 2.81. The van der Waals surface area contributed by atoms with Crippen LogP contribution in [-0.2, 0) is 30.6 Å². The second-order valence-corrected chi connectivity index (χ2v) is 9.21. The Kier molecular flexibility index (Phi) is 4.01. The Morgan fingerprint density at radius 1 is 1.32 bits per heavy atom. The first-order valence-electron chi connectivity index (χ1n) is 7.67. The summed E-state index contributed by atoms with van der Waals surface area (Å²) in [5, 5.41) is 1.28. The quantitative estimate of drug-likeness (QED) is 0.450. The number of sulfone groups is 1. The molecule has 1 aromatic carbocycles. The zero-order valence-electron chi connectivity index (χ0n) is 13.7. The van der Waals surface area contributed by atoms with Gasteiger partial charge in [0.2, 0.25) is 12.0 Å². The van der Waals surface area contributed by atoms with E-state index in [4.69, 9.17) is 0 Å². The lowest BCUT2D eigenvalue weighted by Crippen LogP contribution is -2.71. The van der Waals surface area contributed by atoms with Crippen molar-refractivity contribution < 1.29 is 22.8 Å². The van der Waals surface area contributed by atoms with Crippen LogP contribution in [0, 0.1) is 0 Å². The zero-order chi connectivity index (χ0) is 18.4. The fraction of sp³-hybridized carbons (Fsp3) is 0.438. The number of nitrogens with zero attached hydrogens (tertiary/aromatic N) is 2. The predicted octanol–water partition coefficient (Wildman–Crippen LogP) is -0.249. The molecule has 2 unspecified atom stereocenters. The topological polar surface area (TPSA) is 113 Å². The van der Waals surface area contributed by atoms with E-state index in [2.05, 4.69) is 10.3 Å². The van der Waals surface area contributed by atoms with E-state index in [1.54, 1.807) is 24.3 Å². The maximum Gasteiger partial charge on any atom is 0.251 e. The van der Waals surface area contributed by atoms with Crippen molar-refractivity contribution in [3.05, 3.63) is 35.9 Å². The van der Waals surface area contributed by atoms with E-state index < -0.39 is 44.0 Å². The minimum absolute atomic E-state index is 0.0384. The number of amides is 2. The average molecular weight is 363 g/mol. The van der Waals surface area contributed by atoms with Crippen LogP contribution < -0.4 is 5.32 Å². The van der Waals surface area contributed by atoms with Crippen LogP contribution in [0.25, 0.3) is 0 Å². The lowest BCUT2D eigenvalue weighted by Gasteiger charge is -2.42. The number of benzene rings is 1. The van der Waals surface area contributed by atoms with Crippen molar-refractivity contribution in [3.63, 3.8) is 0 Å². The van der Waals surface area contributed by atoms with Gasteiger partial charge < -0.3 is 5.32 Å². The highest BCUT2D eigenvalue weighted by molar-refractivity contribution is 7.93. The second-order valence-electron chi connectivity index (χ2n) is 6.59. The molecule has 1 aromatic rings. The Balaban J connectivity index is 1.81. The number of carbonyl (C=O) groups excluding carboxylic acids is 3. The molecule has 2 aliphatic rings. The summed E-state index contributed by atoms with van der Waals surface area (Å²) in [6.07, 6.45) is 0.235. The van der Waals surface area contributed by atoms with Crippen LogP contribution in [0.5, 0.6) is 0 Å². The molecular formula is C16H17N3O5S. The molecule has 0 bridgehead atoms. The fourth-order valence-electron chi connectivity index (χ4n) is 3.27. The van der Waals surface area contributed by atoms with E-state index in [-0.39, 0.29) is 6.42 Å². The zero-order valence-corrected chi connectivity index (χ0v) is 14.5. The van der Waals surface area contributed by atoms with Crippen molar-refractivity contribution in [2.75, 3.05) is 0 Å². The first kappa shape index (κ1) is 17.3. The van der Waals surface area contributed by atoms with E-state index in [0.717, 1.165) is 10.5 Å². The highest BCUT2D eigenvalue weighted by Gasteiger charge is 2.71. The van der Waals surface area contributed by atoms with Crippen LogP contribution in [0.3, 0.4) is 0 Å². The number of hydrogen-bond donors (Lipinski definition) is 1. The van der Waals surface area contributed by atoms with Gasteiger partial charge in [-0.1, -0.05) is 30.3 Å². The number of isocyanates is 1. The first-order valence-corrected chi connectivity index (χ1v) is 9.22. The summed E-state index contributed by atoms with van der Waals surface area (Å²) in [7, 11) is -3.82. The van der Waals surface area contributed by atoms with Gasteiger partial charge in [0.25, 0.3) is 5.91 Å². The number of nitrogens with one attached hydrogen (secondary N) is 1.